The van der Waals surface area contributed by atoms with Crippen LogP contribution in [0, 0.1) is 13.8 Å². The predicted molar refractivity (Wildman–Crippen MR) is 533 cm³/mol. The summed E-state index contributed by atoms with van der Waals surface area (Å²) in [5.41, 5.74) is 24.3. The van der Waals surface area contributed by atoms with E-state index in [-0.39, 0.29) is 41.6 Å². The number of rotatable bonds is 25. The number of nitrogens with one attached hydrogen (secondary N) is 3. The molecule has 3 aliphatic rings. The number of halogens is 2. The van der Waals surface area contributed by atoms with E-state index in [1.807, 2.05) is 269 Å². The van der Waals surface area contributed by atoms with Crippen LogP contribution in [0.5, 0.6) is 57.5 Å². The minimum Gasteiger partial charge on any atom is -0.457 e. The molecular formula is C107H99Cl2N17O10. The molecule has 0 saturated carbocycles. The number of benzene rings is 9. The molecule has 29 heteroatoms. The lowest BCUT2D eigenvalue weighted by molar-refractivity contribution is -0.128. The summed E-state index contributed by atoms with van der Waals surface area (Å²) in [6, 6.07) is 74.8. The van der Waals surface area contributed by atoms with Crippen molar-refractivity contribution in [2.75, 3.05) is 61.4 Å². The molecule has 0 radical (unpaired) electrons. The van der Waals surface area contributed by atoms with Gasteiger partial charge in [0.15, 0.2) is 17.0 Å². The average Bonchev–Trinajstić information content (AvgIpc) is 1.58. The van der Waals surface area contributed by atoms with Gasteiger partial charge in [0.05, 0.1) is 33.7 Å². The Balaban J connectivity index is 0.000000132. The van der Waals surface area contributed by atoms with Crippen LogP contribution in [0.15, 0.2) is 329 Å². The number of furan rings is 1. The Morgan fingerprint density at radius 1 is 0.500 bits per heavy atom. The monoisotopic (exact) mass is 1850 g/mol. The molecule has 3 fully saturated rings. The number of nitrogen functional groups attached to an aromatic ring is 2. The van der Waals surface area contributed by atoms with Crippen molar-refractivity contribution in [2.24, 2.45) is 0 Å². The normalized spacial score (nSPS) is 14.5. The van der Waals surface area contributed by atoms with Crippen molar-refractivity contribution in [3.8, 4) is 91.1 Å². The number of carbonyl (C=O) groups excluding carboxylic acids is 4. The number of ether oxygens (including phenoxy) is 5. The molecule has 19 rings (SSSR count). The van der Waals surface area contributed by atoms with E-state index in [1.165, 1.54) is 37.0 Å². The minimum absolute atomic E-state index is 0.0483. The molecular weight excluding hydrogens is 1750 g/mol. The molecule has 27 nitrogen and oxygen atoms in total. The summed E-state index contributed by atoms with van der Waals surface area (Å²) >= 11 is 13.4. The summed E-state index contributed by atoms with van der Waals surface area (Å²) in [6.45, 7) is 22.6. The van der Waals surface area contributed by atoms with Crippen LogP contribution in [0.2, 0.25) is 10.0 Å². The molecule has 4 amide bonds. The van der Waals surface area contributed by atoms with Crippen molar-refractivity contribution in [1.29, 1.82) is 0 Å². The molecule has 7 aromatic heterocycles. The maximum Gasteiger partial charge on any atom is 0.246 e. The maximum atomic E-state index is 12.3. The van der Waals surface area contributed by atoms with Gasteiger partial charge in [0.2, 0.25) is 23.6 Å². The zero-order valence-electron chi connectivity index (χ0n) is 74.9. The first-order valence-corrected chi connectivity index (χ1v) is 45.2. The lowest BCUT2D eigenvalue weighted by atomic mass is 9.93. The fourth-order valence-corrected chi connectivity index (χ4v) is 17.1. The third-order valence-corrected chi connectivity index (χ3v) is 24.0. The lowest BCUT2D eigenvalue weighted by Gasteiger charge is -2.33. The number of para-hydroxylation sites is 3. The number of anilines is 5. The largest absolute Gasteiger partial charge is 0.457 e. The highest BCUT2D eigenvalue weighted by Crippen LogP contribution is 2.46. The Bertz CT molecular complexity index is 6990. The summed E-state index contributed by atoms with van der Waals surface area (Å²) in [5, 5.41) is 16.3. The van der Waals surface area contributed by atoms with E-state index in [0.29, 0.717) is 106 Å². The molecule has 0 bridgehead atoms. The number of nitrogens with zero attached hydrogens (tertiary/aromatic N) is 12. The predicted octanol–water partition coefficient (Wildman–Crippen LogP) is 22.9. The van der Waals surface area contributed by atoms with E-state index < -0.39 is 0 Å². The number of piperidine rings is 3. The number of aromatic nitrogens is 9. The quantitative estimate of drug-likeness (QED) is 0.0332. The number of amides is 4. The topological polar surface area (TPSA) is 325 Å². The SMILES string of the molecule is C=CC(=O)N1CCCC(c2c(Cl)c(-c3ccc(Oc4ccc(C)c(Cl)c4)c(C)c3)c3c(N)nccn23)C1.C=CC(=O)N1CCC[C@@H](Nc2ncnc(N)c2-c2ccc(Oc3ccccc3)cc2)C1.C=CC(=O)N1CCC[C@@H](n2ncc3c(Nc4ccc(Oc5ccccc5)cc4)ncnc32)C1.C=CC(=O)NCc1cccc(-c2cc3nccc(Oc4ccc(Oc5ccccc5)cc4)c3o2)c1. The van der Waals surface area contributed by atoms with E-state index in [2.05, 4.69) is 77.3 Å². The standard InChI is InChI=1S/C29H28Cl2N4O2.C29H22N2O4.C25H24N6O2.C24H25N5O2/c1-4-24(36)34-12-5-6-20(16-34)27-26(31)25(28-29(32)33-11-13-35(27)28)19-8-10-23(18(3)14-19)37-21-9-7-17(2)22(30)15-21;1-2-28(32)31-19-20-7-6-8-21(17-20)27-18-25-29(35-27)26(15-16-30-25)34-24-13-11-23(12-14-24)33-22-9-4-3-5-10-22;1-2-23(32)30-14-6-7-19(16-30)31-25-22(15-28-31)24(26-17-27-25)29-18-10-12-21(13-11-18)33-20-8-4-3-5-9-20;1-2-21(30)29-14-6-7-18(15-29)28-24-22(23(25)26-16-27-24)17-10-12-20(13-11-17)31-19-8-4-3-5-9-19/h4,7-11,13-15,20H,1,5-6,12,16H2,2-3H3,(H2,32,33);2-18H,1,19H2,(H,31,32);2-5,8-13,15,17,19H,1,6-7,14,16H2,(H,26,27,29);2-5,8-13,16,18H,1,6-7,14-15H2,(H3,25,26,27,28)/t;;19-;18-/m..11/s1. The Hall–Kier alpha value is -16.4. The van der Waals surface area contributed by atoms with Gasteiger partial charge < -0.3 is 74.6 Å². The van der Waals surface area contributed by atoms with Crippen molar-refractivity contribution in [1.82, 2.24) is 64.1 Å². The highest BCUT2D eigenvalue weighted by molar-refractivity contribution is 6.35. The second-order valence-corrected chi connectivity index (χ2v) is 33.2. The van der Waals surface area contributed by atoms with Gasteiger partial charge in [-0.2, -0.15) is 5.10 Å². The second kappa shape index (κ2) is 43.8. The molecule has 1 unspecified atom stereocenters. The van der Waals surface area contributed by atoms with Crippen LogP contribution < -0.4 is 51.1 Å². The molecule has 3 atom stereocenters. The van der Waals surface area contributed by atoms with Gasteiger partial charge in [-0.25, -0.2) is 29.6 Å². The van der Waals surface area contributed by atoms with Crippen LogP contribution in [0.3, 0.4) is 0 Å². The third kappa shape index (κ3) is 22.7. The van der Waals surface area contributed by atoms with Gasteiger partial charge in [-0.15, -0.1) is 0 Å². The van der Waals surface area contributed by atoms with Crippen molar-refractivity contribution in [3.05, 3.63) is 357 Å². The van der Waals surface area contributed by atoms with E-state index in [9.17, 15) is 19.2 Å². The molecule has 7 N–H and O–H groups in total. The van der Waals surface area contributed by atoms with Crippen LogP contribution >= 0.6 is 23.2 Å². The lowest BCUT2D eigenvalue weighted by Crippen LogP contribution is -2.44. The second-order valence-electron chi connectivity index (χ2n) is 32.5. The summed E-state index contributed by atoms with van der Waals surface area (Å²) in [4.78, 5) is 79.6. The number of pyridine rings is 1. The average molecular weight is 1850 g/mol. The third-order valence-electron chi connectivity index (χ3n) is 23.2. The van der Waals surface area contributed by atoms with E-state index in [4.69, 9.17) is 62.8 Å². The van der Waals surface area contributed by atoms with Gasteiger partial charge in [0.25, 0.3) is 0 Å². The number of nitrogens with two attached hydrogens (primary N) is 2. The van der Waals surface area contributed by atoms with Crippen LogP contribution in [0.1, 0.15) is 72.9 Å². The Kier molecular flexibility index (Phi) is 29.9. The van der Waals surface area contributed by atoms with Crippen molar-refractivity contribution < 1.29 is 47.3 Å². The van der Waals surface area contributed by atoms with Gasteiger partial charge in [-0.3, -0.25) is 24.2 Å². The number of carbonyl (C=O) groups is 4. The van der Waals surface area contributed by atoms with Crippen LogP contribution in [-0.4, -0.2) is 128 Å². The van der Waals surface area contributed by atoms with Gasteiger partial charge in [-0.1, -0.05) is 147 Å². The number of fused-ring (bicyclic) bond motifs is 3. The molecule has 16 aromatic rings. The van der Waals surface area contributed by atoms with Crippen LogP contribution in [-0.2, 0) is 25.7 Å². The van der Waals surface area contributed by atoms with Crippen LogP contribution in [0.4, 0.5) is 29.0 Å². The molecule has 10 heterocycles. The Morgan fingerprint density at radius 2 is 1.07 bits per heavy atom. The highest BCUT2D eigenvalue weighted by atomic mass is 35.5. The fraction of sp³-hybridized carbons (Fsp3) is 0.168. The van der Waals surface area contributed by atoms with Crippen molar-refractivity contribution in [2.45, 2.75) is 76.9 Å². The Labute approximate surface area is 796 Å². The maximum absolute atomic E-state index is 12.3. The molecule has 0 spiro atoms. The van der Waals surface area contributed by atoms with Crippen molar-refractivity contribution in [3.63, 3.8) is 0 Å². The van der Waals surface area contributed by atoms with Gasteiger partial charge in [0, 0.05) is 116 Å². The highest BCUT2D eigenvalue weighted by Gasteiger charge is 2.33. The number of hydrogen-bond donors (Lipinski definition) is 5. The molecule has 9 aromatic carbocycles. The zero-order chi connectivity index (χ0) is 94.6. The van der Waals surface area contributed by atoms with Gasteiger partial charge in [-0.05, 0) is 232 Å². The first-order valence-electron chi connectivity index (χ1n) is 44.4. The molecule has 3 aliphatic heterocycles. The smallest absolute Gasteiger partial charge is 0.246 e. The zero-order valence-corrected chi connectivity index (χ0v) is 76.4. The molecule has 686 valence electrons. The number of aryl methyl sites for hydroxylation is 2. The molecule has 3 saturated heterocycles. The first kappa shape index (κ1) is 92.9. The first-order chi connectivity index (χ1) is 66.3. The van der Waals surface area contributed by atoms with E-state index in [1.54, 1.807) is 29.6 Å². The van der Waals surface area contributed by atoms with Gasteiger partial charge >= 0.3 is 0 Å². The van der Waals surface area contributed by atoms with E-state index in [0.717, 1.165) is 159 Å². The van der Waals surface area contributed by atoms with Gasteiger partial charge in [0.1, 0.15) is 98.9 Å². The summed E-state index contributed by atoms with van der Waals surface area (Å²) < 4.78 is 39.9. The Morgan fingerprint density at radius 3 is 1.71 bits per heavy atom. The van der Waals surface area contributed by atoms with Crippen LogP contribution in [0.25, 0.3) is 61.2 Å². The molecule has 0 aliphatic carbocycles. The summed E-state index contributed by atoms with van der Waals surface area (Å²) in [5.74, 6) is 9.59. The number of likely N-dealkylation sites (tertiary alicyclic amines) is 3. The summed E-state index contributed by atoms with van der Waals surface area (Å²) in [6.07, 6.45) is 20.9. The minimum atomic E-state index is -0.218. The number of hydrogen-bond acceptors (Lipinski definition) is 21. The fourth-order valence-electron chi connectivity index (χ4n) is 16.4. The molecule has 136 heavy (non-hydrogen) atoms. The van der Waals surface area contributed by atoms with E-state index >= 15 is 0 Å². The summed E-state index contributed by atoms with van der Waals surface area (Å²) in [7, 11) is 0. The van der Waals surface area contributed by atoms with Crippen molar-refractivity contribution >= 4 is 103 Å².